The topological polar surface area (TPSA) is 101 Å². The maximum Gasteiger partial charge on any atom is 0.229 e. The Balaban J connectivity index is 1.42. The highest BCUT2D eigenvalue weighted by molar-refractivity contribution is 5.69. The van der Waals surface area contributed by atoms with E-state index in [-0.39, 0.29) is 11.9 Å². The van der Waals surface area contributed by atoms with E-state index in [1.807, 2.05) is 0 Å². The van der Waals surface area contributed by atoms with Gasteiger partial charge in [-0.3, -0.25) is 0 Å². The van der Waals surface area contributed by atoms with Crippen molar-refractivity contribution in [3.05, 3.63) is 42.2 Å². The predicted octanol–water partition coefficient (Wildman–Crippen LogP) is 2.38. The number of halogens is 1. The third-order valence-corrected chi connectivity index (χ3v) is 4.41. The number of anilines is 1. The van der Waals surface area contributed by atoms with Crippen molar-refractivity contribution in [2.45, 2.75) is 25.4 Å². The zero-order valence-corrected chi connectivity index (χ0v) is 14.7. The Morgan fingerprint density at radius 1 is 1.30 bits per heavy atom. The third kappa shape index (κ3) is 3.99. The van der Waals surface area contributed by atoms with Crippen molar-refractivity contribution in [1.82, 2.24) is 19.9 Å². The Labute approximate surface area is 155 Å². The van der Waals surface area contributed by atoms with Crippen LogP contribution in [0.25, 0.3) is 17.1 Å². The Hall–Kier alpha value is -2.78. The summed E-state index contributed by atoms with van der Waals surface area (Å²) in [7, 11) is 0. The summed E-state index contributed by atoms with van der Waals surface area (Å²) in [5.41, 5.74) is 7.19. The summed E-state index contributed by atoms with van der Waals surface area (Å²) < 4.78 is 31.3. The molecule has 0 radical (unpaired) electrons. The summed E-state index contributed by atoms with van der Waals surface area (Å²) in [6.07, 6.45) is 4.09. The third-order valence-electron chi connectivity index (χ3n) is 4.41. The second-order valence-corrected chi connectivity index (χ2v) is 6.28. The lowest BCUT2D eigenvalue weighted by Crippen LogP contribution is -2.24. The molecule has 1 fully saturated rings. The smallest absolute Gasteiger partial charge is 0.229 e. The molecule has 0 spiro atoms. The molecule has 9 heteroatoms. The largest absolute Gasteiger partial charge is 0.383 e. The minimum atomic E-state index is -0.365. The van der Waals surface area contributed by atoms with E-state index in [9.17, 15) is 4.39 Å². The first-order valence-electron chi connectivity index (χ1n) is 8.82. The maximum atomic E-state index is 13.4. The minimum absolute atomic E-state index is 0.223. The van der Waals surface area contributed by atoms with Gasteiger partial charge in [0.05, 0.1) is 36.6 Å². The van der Waals surface area contributed by atoms with Crippen LogP contribution in [0.15, 0.2) is 35.0 Å². The van der Waals surface area contributed by atoms with Gasteiger partial charge in [0.15, 0.2) is 0 Å². The second kappa shape index (κ2) is 7.85. The van der Waals surface area contributed by atoms with Gasteiger partial charge < -0.3 is 19.7 Å². The molecule has 0 bridgehead atoms. The van der Waals surface area contributed by atoms with Gasteiger partial charge in [0.2, 0.25) is 11.7 Å². The monoisotopic (exact) mass is 373 g/mol. The van der Waals surface area contributed by atoms with E-state index in [2.05, 4.69) is 15.2 Å². The van der Waals surface area contributed by atoms with Crippen molar-refractivity contribution in [3.8, 4) is 17.1 Å². The second-order valence-electron chi connectivity index (χ2n) is 6.28. The van der Waals surface area contributed by atoms with E-state index in [4.69, 9.17) is 19.7 Å². The highest BCUT2D eigenvalue weighted by atomic mass is 19.1. The lowest BCUT2D eigenvalue weighted by Gasteiger charge is -2.21. The molecule has 0 saturated carbocycles. The molecular weight excluding hydrogens is 353 g/mol. The standard InChI is InChI=1S/C18H20FN5O3/c19-12-2-1-3-13(10-12)24-17(20)15(11-21-24)18-22-16(27-23-18)6-9-26-14-4-7-25-8-5-14/h1-3,10-11,14H,4-9,20H2. The SMILES string of the molecule is Nc1c(-c2noc(CCOC3CCOCC3)n2)cnn1-c1cccc(F)c1. The Morgan fingerprint density at radius 3 is 2.96 bits per heavy atom. The molecule has 2 aromatic heterocycles. The number of hydrogen-bond donors (Lipinski definition) is 1. The summed E-state index contributed by atoms with van der Waals surface area (Å²) in [5.74, 6) is 0.757. The first-order valence-corrected chi connectivity index (χ1v) is 8.82. The molecule has 4 rings (SSSR count). The maximum absolute atomic E-state index is 13.4. The number of nitrogen functional groups attached to an aromatic ring is 1. The van der Waals surface area contributed by atoms with E-state index in [0.717, 1.165) is 26.1 Å². The van der Waals surface area contributed by atoms with E-state index < -0.39 is 0 Å². The van der Waals surface area contributed by atoms with Crippen molar-refractivity contribution < 1.29 is 18.4 Å². The normalized spacial score (nSPS) is 15.3. The van der Waals surface area contributed by atoms with E-state index in [0.29, 0.717) is 41.8 Å². The Morgan fingerprint density at radius 2 is 2.15 bits per heavy atom. The van der Waals surface area contributed by atoms with Crippen LogP contribution in [-0.4, -0.2) is 45.8 Å². The Bertz CT molecular complexity index is 904. The van der Waals surface area contributed by atoms with Crippen molar-refractivity contribution in [1.29, 1.82) is 0 Å². The fraction of sp³-hybridized carbons (Fsp3) is 0.389. The predicted molar refractivity (Wildman–Crippen MR) is 94.7 cm³/mol. The van der Waals surface area contributed by atoms with E-state index >= 15 is 0 Å². The van der Waals surface area contributed by atoms with Gasteiger partial charge >= 0.3 is 0 Å². The highest BCUT2D eigenvalue weighted by Gasteiger charge is 2.18. The molecule has 3 heterocycles. The first kappa shape index (κ1) is 17.6. The average molecular weight is 373 g/mol. The number of benzene rings is 1. The molecule has 1 aromatic carbocycles. The van der Waals surface area contributed by atoms with Crippen LogP contribution in [0.2, 0.25) is 0 Å². The number of hydrogen-bond acceptors (Lipinski definition) is 7. The van der Waals surface area contributed by atoms with Crippen LogP contribution < -0.4 is 5.73 Å². The van der Waals surface area contributed by atoms with Crippen LogP contribution in [0.3, 0.4) is 0 Å². The van der Waals surface area contributed by atoms with Crippen molar-refractivity contribution in [3.63, 3.8) is 0 Å². The molecule has 8 nitrogen and oxygen atoms in total. The van der Waals surface area contributed by atoms with Crippen LogP contribution in [-0.2, 0) is 15.9 Å². The van der Waals surface area contributed by atoms with Gasteiger partial charge in [-0.2, -0.15) is 10.1 Å². The molecule has 2 N–H and O–H groups in total. The molecule has 27 heavy (non-hydrogen) atoms. The number of nitrogens with two attached hydrogens (primary N) is 1. The molecule has 0 unspecified atom stereocenters. The van der Waals surface area contributed by atoms with Crippen LogP contribution in [0.1, 0.15) is 18.7 Å². The summed E-state index contributed by atoms with van der Waals surface area (Å²) in [5, 5.41) is 8.17. The summed E-state index contributed by atoms with van der Waals surface area (Å²) in [6, 6.07) is 6.02. The fourth-order valence-corrected chi connectivity index (χ4v) is 2.97. The molecular formula is C18H20FN5O3. The molecule has 0 atom stereocenters. The molecule has 0 amide bonds. The zero-order valence-electron chi connectivity index (χ0n) is 14.7. The minimum Gasteiger partial charge on any atom is -0.383 e. The molecule has 0 aliphatic carbocycles. The van der Waals surface area contributed by atoms with Crippen LogP contribution in [0.4, 0.5) is 10.2 Å². The van der Waals surface area contributed by atoms with E-state index in [1.54, 1.807) is 12.1 Å². The van der Waals surface area contributed by atoms with Crippen molar-refractivity contribution in [2.75, 3.05) is 25.6 Å². The molecule has 142 valence electrons. The van der Waals surface area contributed by atoms with Crippen molar-refractivity contribution >= 4 is 5.82 Å². The lowest BCUT2D eigenvalue weighted by molar-refractivity contribution is -0.0318. The number of nitrogens with zero attached hydrogens (tertiary/aromatic N) is 4. The lowest BCUT2D eigenvalue weighted by atomic mass is 10.1. The zero-order chi connectivity index (χ0) is 18.6. The first-order chi connectivity index (χ1) is 13.2. The van der Waals surface area contributed by atoms with E-state index in [1.165, 1.54) is 23.0 Å². The number of aromatic nitrogens is 4. The molecule has 3 aromatic rings. The van der Waals surface area contributed by atoms with Gasteiger partial charge in [-0.1, -0.05) is 11.2 Å². The van der Waals surface area contributed by atoms with Gasteiger partial charge in [-0.25, -0.2) is 9.07 Å². The fourth-order valence-electron chi connectivity index (χ4n) is 2.97. The molecule has 1 aliphatic rings. The average Bonchev–Trinajstić information content (AvgIpc) is 3.29. The van der Waals surface area contributed by atoms with Gasteiger partial charge in [0.1, 0.15) is 11.6 Å². The van der Waals surface area contributed by atoms with Gasteiger partial charge in [-0.05, 0) is 31.0 Å². The van der Waals surface area contributed by atoms with Crippen LogP contribution >= 0.6 is 0 Å². The summed E-state index contributed by atoms with van der Waals surface area (Å²) >= 11 is 0. The van der Waals surface area contributed by atoms with Crippen molar-refractivity contribution in [2.24, 2.45) is 0 Å². The highest BCUT2D eigenvalue weighted by Crippen LogP contribution is 2.25. The summed E-state index contributed by atoms with van der Waals surface area (Å²) in [4.78, 5) is 4.36. The number of ether oxygens (including phenoxy) is 2. The molecule has 1 aliphatic heterocycles. The molecule has 1 saturated heterocycles. The van der Waals surface area contributed by atoms with Gasteiger partial charge in [0.25, 0.3) is 0 Å². The number of rotatable bonds is 6. The van der Waals surface area contributed by atoms with Crippen LogP contribution in [0.5, 0.6) is 0 Å². The summed E-state index contributed by atoms with van der Waals surface area (Å²) in [6.45, 7) is 1.98. The van der Waals surface area contributed by atoms with Gasteiger partial charge in [0, 0.05) is 13.2 Å². The Kier molecular flexibility index (Phi) is 5.12. The van der Waals surface area contributed by atoms with Crippen LogP contribution in [0, 0.1) is 5.82 Å². The van der Waals surface area contributed by atoms with Gasteiger partial charge in [-0.15, -0.1) is 0 Å². The quantitative estimate of drug-likeness (QED) is 0.708.